The van der Waals surface area contributed by atoms with Gasteiger partial charge in [-0.15, -0.1) is 11.3 Å². The highest BCUT2D eigenvalue weighted by molar-refractivity contribution is 7.12. The zero-order chi connectivity index (χ0) is 18.5. The number of aryl methyl sites for hydroxylation is 1. The summed E-state index contributed by atoms with van der Waals surface area (Å²) in [6.45, 7) is 3.32. The highest BCUT2D eigenvalue weighted by atomic mass is 32.1. The molecular formula is C19H24N2O4S. The molecule has 1 N–H and O–H groups in total. The van der Waals surface area contributed by atoms with Crippen molar-refractivity contribution in [2.24, 2.45) is 0 Å². The van der Waals surface area contributed by atoms with E-state index in [0.717, 1.165) is 40.6 Å². The largest absolute Gasteiger partial charge is 0.493 e. The monoisotopic (exact) mass is 376 g/mol. The third-order valence-electron chi connectivity index (χ3n) is 4.31. The van der Waals surface area contributed by atoms with Gasteiger partial charge in [0.15, 0.2) is 11.5 Å². The van der Waals surface area contributed by atoms with Crippen LogP contribution in [0.5, 0.6) is 11.5 Å². The number of hydrogen-bond acceptors (Lipinski definition) is 6. The number of nitrogens with zero attached hydrogens (tertiary/aromatic N) is 1. The standard InChI is InChI=1S/C19H24N2O4S/c1-12-20-19(13-6-7-15(23-2)16(9-13)24-3)17(26-12)10-18(22)21-14-5-4-8-25-11-14/h6-7,9,14H,4-5,8,10-11H2,1-3H3,(H,21,22)/t14-/m1/s1. The molecular weight excluding hydrogens is 352 g/mol. The smallest absolute Gasteiger partial charge is 0.225 e. The third kappa shape index (κ3) is 4.34. The minimum Gasteiger partial charge on any atom is -0.493 e. The van der Waals surface area contributed by atoms with E-state index in [1.165, 1.54) is 0 Å². The minimum absolute atomic E-state index is 0.00544. The molecule has 1 atom stereocenters. The van der Waals surface area contributed by atoms with E-state index in [1.807, 2.05) is 25.1 Å². The molecule has 0 radical (unpaired) electrons. The van der Waals surface area contributed by atoms with Crippen LogP contribution in [0.4, 0.5) is 0 Å². The van der Waals surface area contributed by atoms with Crippen LogP contribution in [0.25, 0.3) is 11.3 Å². The first-order valence-electron chi connectivity index (χ1n) is 8.66. The molecule has 1 aliphatic rings. The van der Waals surface area contributed by atoms with Crippen LogP contribution in [0.3, 0.4) is 0 Å². The molecule has 2 aromatic rings. The highest BCUT2D eigenvalue weighted by Gasteiger charge is 2.20. The molecule has 0 saturated carbocycles. The minimum atomic E-state index is 0.00544. The Morgan fingerprint density at radius 3 is 2.85 bits per heavy atom. The number of ether oxygens (including phenoxy) is 3. The van der Waals surface area contributed by atoms with Gasteiger partial charge in [0, 0.05) is 17.0 Å². The van der Waals surface area contributed by atoms with Gasteiger partial charge in [0.1, 0.15) is 0 Å². The van der Waals surface area contributed by atoms with E-state index in [0.29, 0.717) is 24.5 Å². The number of amides is 1. The van der Waals surface area contributed by atoms with Gasteiger partial charge in [0.05, 0.1) is 44.0 Å². The highest BCUT2D eigenvalue weighted by Crippen LogP contribution is 2.35. The van der Waals surface area contributed by atoms with Gasteiger partial charge in [0.25, 0.3) is 0 Å². The summed E-state index contributed by atoms with van der Waals surface area (Å²) in [5, 5.41) is 4.00. The zero-order valence-electron chi connectivity index (χ0n) is 15.3. The lowest BCUT2D eigenvalue weighted by molar-refractivity contribution is -0.122. The lowest BCUT2D eigenvalue weighted by Gasteiger charge is -2.23. The van der Waals surface area contributed by atoms with Crippen molar-refractivity contribution in [1.29, 1.82) is 0 Å². The molecule has 0 unspecified atom stereocenters. The average molecular weight is 376 g/mol. The van der Waals surface area contributed by atoms with Gasteiger partial charge >= 0.3 is 0 Å². The summed E-state index contributed by atoms with van der Waals surface area (Å²) in [5.41, 5.74) is 1.74. The first kappa shape index (κ1) is 18.7. The fourth-order valence-corrected chi connectivity index (χ4v) is 4.03. The maximum atomic E-state index is 12.5. The lowest BCUT2D eigenvalue weighted by Crippen LogP contribution is -2.41. The van der Waals surface area contributed by atoms with Crippen LogP contribution in [0.1, 0.15) is 22.7 Å². The fraction of sp³-hybridized carbons (Fsp3) is 0.474. The molecule has 1 aliphatic heterocycles. The van der Waals surface area contributed by atoms with Crippen molar-refractivity contribution in [3.63, 3.8) is 0 Å². The summed E-state index contributed by atoms with van der Waals surface area (Å²) in [5.74, 6) is 1.32. The summed E-state index contributed by atoms with van der Waals surface area (Å²) in [7, 11) is 3.21. The first-order chi connectivity index (χ1) is 12.6. The van der Waals surface area contributed by atoms with Crippen LogP contribution in [-0.4, -0.2) is 44.4 Å². The van der Waals surface area contributed by atoms with Crippen LogP contribution in [0, 0.1) is 6.92 Å². The summed E-state index contributed by atoms with van der Waals surface area (Å²) in [6.07, 6.45) is 2.27. The number of carbonyl (C=O) groups excluding carboxylic acids is 1. The van der Waals surface area contributed by atoms with Gasteiger partial charge in [-0.3, -0.25) is 4.79 Å². The van der Waals surface area contributed by atoms with Gasteiger partial charge in [-0.25, -0.2) is 4.98 Å². The molecule has 3 rings (SSSR count). The molecule has 1 amide bonds. The molecule has 2 heterocycles. The van der Waals surface area contributed by atoms with Crippen LogP contribution in [0.15, 0.2) is 18.2 Å². The Balaban J connectivity index is 1.78. The average Bonchev–Trinajstić information content (AvgIpc) is 3.01. The molecule has 1 aromatic heterocycles. The number of rotatable bonds is 6. The molecule has 140 valence electrons. The Bertz CT molecular complexity index is 769. The number of thiazole rings is 1. The number of benzene rings is 1. The molecule has 7 heteroatoms. The molecule has 6 nitrogen and oxygen atoms in total. The fourth-order valence-electron chi connectivity index (χ4n) is 3.08. The number of nitrogens with one attached hydrogen (secondary N) is 1. The van der Waals surface area contributed by atoms with Crippen molar-refractivity contribution < 1.29 is 19.0 Å². The molecule has 0 aliphatic carbocycles. The third-order valence-corrected chi connectivity index (χ3v) is 5.28. The summed E-state index contributed by atoms with van der Waals surface area (Å²) in [6, 6.07) is 5.79. The predicted octanol–water partition coefficient (Wildman–Crippen LogP) is 2.97. The van der Waals surface area contributed by atoms with E-state index >= 15 is 0 Å². The van der Waals surface area contributed by atoms with Gasteiger partial charge in [-0.05, 0) is 38.0 Å². The predicted molar refractivity (Wildman–Crippen MR) is 101 cm³/mol. The SMILES string of the molecule is COc1ccc(-c2nc(C)sc2CC(=O)N[C@@H]2CCCOC2)cc1OC. The molecule has 1 fully saturated rings. The van der Waals surface area contributed by atoms with E-state index in [9.17, 15) is 4.79 Å². The maximum Gasteiger partial charge on any atom is 0.225 e. The number of aromatic nitrogens is 1. The number of hydrogen-bond donors (Lipinski definition) is 1. The zero-order valence-corrected chi connectivity index (χ0v) is 16.1. The van der Waals surface area contributed by atoms with E-state index in [2.05, 4.69) is 10.3 Å². The summed E-state index contributed by atoms with van der Waals surface area (Å²) >= 11 is 1.55. The Morgan fingerprint density at radius 1 is 1.35 bits per heavy atom. The molecule has 0 spiro atoms. The van der Waals surface area contributed by atoms with Gasteiger partial charge in [-0.2, -0.15) is 0 Å². The Labute approximate surface area is 157 Å². The van der Waals surface area contributed by atoms with Crippen molar-refractivity contribution >= 4 is 17.2 Å². The molecule has 0 bridgehead atoms. The number of carbonyl (C=O) groups is 1. The van der Waals surface area contributed by atoms with Crippen molar-refractivity contribution in [3.05, 3.63) is 28.1 Å². The van der Waals surface area contributed by atoms with Crippen LogP contribution in [0.2, 0.25) is 0 Å². The Morgan fingerprint density at radius 2 is 2.15 bits per heavy atom. The van der Waals surface area contributed by atoms with E-state index in [1.54, 1.807) is 25.6 Å². The summed E-state index contributed by atoms with van der Waals surface area (Å²) < 4.78 is 16.1. The van der Waals surface area contributed by atoms with E-state index < -0.39 is 0 Å². The van der Waals surface area contributed by atoms with Gasteiger partial charge < -0.3 is 19.5 Å². The Kier molecular flexibility index (Phi) is 6.11. The molecule has 1 saturated heterocycles. The van der Waals surface area contributed by atoms with E-state index in [4.69, 9.17) is 14.2 Å². The molecule has 1 aromatic carbocycles. The molecule has 26 heavy (non-hydrogen) atoms. The normalized spacial score (nSPS) is 17.0. The van der Waals surface area contributed by atoms with Crippen LogP contribution < -0.4 is 14.8 Å². The van der Waals surface area contributed by atoms with Crippen LogP contribution >= 0.6 is 11.3 Å². The second-order valence-electron chi connectivity index (χ2n) is 6.23. The van der Waals surface area contributed by atoms with Crippen molar-refractivity contribution in [2.75, 3.05) is 27.4 Å². The van der Waals surface area contributed by atoms with Crippen molar-refractivity contribution in [3.8, 4) is 22.8 Å². The second kappa shape index (κ2) is 8.51. The van der Waals surface area contributed by atoms with Crippen molar-refractivity contribution in [2.45, 2.75) is 32.2 Å². The van der Waals surface area contributed by atoms with Gasteiger partial charge in [-0.1, -0.05) is 0 Å². The maximum absolute atomic E-state index is 12.5. The Hall–Kier alpha value is -2.12. The van der Waals surface area contributed by atoms with E-state index in [-0.39, 0.29) is 11.9 Å². The second-order valence-corrected chi connectivity index (χ2v) is 7.52. The topological polar surface area (TPSA) is 69.7 Å². The lowest BCUT2D eigenvalue weighted by atomic mass is 10.1. The van der Waals surface area contributed by atoms with Gasteiger partial charge in [0.2, 0.25) is 5.91 Å². The first-order valence-corrected chi connectivity index (χ1v) is 9.48. The summed E-state index contributed by atoms with van der Waals surface area (Å²) in [4.78, 5) is 18.0. The van der Waals surface area contributed by atoms with Crippen LogP contribution in [-0.2, 0) is 16.0 Å². The quantitative estimate of drug-likeness (QED) is 0.839. The van der Waals surface area contributed by atoms with Crippen molar-refractivity contribution in [1.82, 2.24) is 10.3 Å². The number of methoxy groups -OCH3 is 2.